The predicted octanol–water partition coefficient (Wildman–Crippen LogP) is 0.671. The van der Waals surface area contributed by atoms with Gasteiger partial charge in [0.1, 0.15) is 18.0 Å². The summed E-state index contributed by atoms with van der Waals surface area (Å²) >= 11 is 0. The summed E-state index contributed by atoms with van der Waals surface area (Å²) in [4.78, 5) is 52.7. The second kappa shape index (κ2) is 10.8. The van der Waals surface area contributed by atoms with Crippen molar-refractivity contribution in [1.29, 1.82) is 5.26 Å². The zero-order chi connectivity index (χ0) is 23.8. The van der Waals surface area contributed by atoms with Crippen LogP contribution in [0.3, 0.4) is 0 Å². The molecule has 1 saturated heterocycles. The van der Waals surface area contributed by atoms with Crippen molar-refractivity contribution in [3.8, 4) is 17.9 Å². The largest absolute Gasteiger partial charge is 0.341 e. The maximum atomic E-state index is 12.1. The molecule has 3 rings (SSSR count). The van der Waals surface area contributed by atoms with E-state index in [2.05, 4.69) is 27.5 Å². The standard InChI is InChI=1S/C24H21N5O4/c1-29(21-7-9-23(32)28-24(21)33)14-19-10-17(2-5-18(19)15-30)13-27-22(31)8-4-16-3-6-20(11-25)26-12-16/h2-3,5-6,10,12,15,21H,7,9,13-14H2,1H3,(H,27,31)(H,28,32,33). The first-order valence-corrected chi connectivity index (χ1v) is 10.2. The summed E-state index contributed by atoms with van der Waals surface area (Å²) in [7, 11) is 1.76. The molecular weight excluding hydrogens is 422 g/mol. The highest BCUT2D eigenvalue weighted by Gasteiger charge is 2.29. The summed E-state index contributed by atoms with van der Waals surface area (Å²) in [6, 6.07) is 9.76. The number of nitriles is 1. The minimum absolute atomic E-state index is 0.202. The zero-order valence-electron chi connectivity index (χ0n) is 17.9. The van der Waals surface area contributed by atoms with Gasteiger partial charge in [-0.25, -0.2) is 4.98 Å². The Hall–Kier alpha value is -4.34. The Bertz CT molecular complexity index is 1190. The molecule has 0 spiro atoms. The molecule has 0 bridgehead atoms. The van der Waals surface area contributed by atoms with Gasteiger partial charge in [-0.3, -0.25) is 29.4 Å². The molecule has 0 radical (unpaired) electrons. The van der Waals surface area contributed by atoms with E-state index in [1.165, 1.54) is 12.3 Å². The SMILES string of the molecule is CN(Cc1cc(CNC(=O)C#Cc2ccc(C#N)nc2)ccc1C=O)C1CCC(=O)NC1=O. The fourth-order valence-corrected chi connectivity index (χ4v) is 3.39. The minimum atomic E-state index is -0.485. The minimum Gasteiger partial charge on any atom is -0.341 e. The van der Waals surface area contributed by atoms with Gasteiger partial charge in [0.25, 0.3) is 5.91 Å². The average Bonchev–Trinajstić information content (AvgIpc) is 2.81. The monoisotopic (exact) mass is 443 g/mol. The molecule has 1 aliphatic heterocycles. The van der Waals surface area contributed by atoms with E-state index in [9.17, 15) is 19.2 Å². The summed E-state index contributed by atoms with van der Waals surface area (Å²) < 4.78 is 0. The van der Waals surface area contributed by atoms with Crippen LogP contribution in [0.2, 0.25) is 0 Å². The second-order valence-electron chi connectivity index (χ2n) is 7.51. The number of aldehydes is 1. The van der Waals surface area contributed by atoms with E-state index in [1.807, 2.05) is 6.07 Å². The molecule has 2 N–H and O–H groups in total. The lowest BCUT2D eigenvalue weighted by atomic mass is 10.0. The van der Waals surface area contributed by atoms with E-state index in [0.29, 0.717) is 29.7 Å². The molecule has 1 fully saturated rings. The van der Waals surface area contributed by atoms with E-state index < -0.39 is 11.9 Å². The Labute approximate surface area is 190 Å². The van der Waals surface area contributed by atoms with Crippen LogP contribution in [0.15, 0.2) is 36.5 Å². The molecule has 1 aromatic heterocycles. The molecule has 0 aliphatic carbocycles. The van der Waals surface area contributed by atoms with Crippen molar-refractivity contribution in [1.82, 2.24) is 20.5 Å². The topological polar surface area (TPSA) is 132 Å². The summed E-state index contributed by atoms with van der Waals surface area (Å²) in [6.45, 7) is 0.529. The fourth-order valence-electron chi connectivity index (χ4n) is 3.39. The normalized spacial score (nSPS) is 15.1. The summed E-state index contributed by atoms with van der Waals surface area (Å²) in [5, 5.41) is 13.8. The van der Waals surface area contributed by atoms with Crippen molar-refractivity contribution in [3.05, 3.63) is 64.5 Å². The number of hydrogen-bond donors (Lipinski definition) is 2. The van der Waals surface area contributed by atoms with Gasteiger partial charge in [0.05, 0.1) is 6.04 Å². The summed E-state index contributed by atoms with van der Waals surface area (Å²) in [5.74, 6) is 4.04. The average molecular weight is 443 g/mol. The van der Waals surface area contributed by atoms with Gasteiger partial charge in [-0.2, -0.15) is 5.26 Å². The fraction of sp³-hybridized carbons (Fsp3) is 0.250. The Morgan fingerprint density at radius 3 is 2.82 bits per heavy atom. The number of aromatic nitrogens is 1. The smallest absolute Gasteiger partial charge is 0.296 e. The highest BCUT2D eigenvalue weighted by atomic mass is 16.2. The van der Waals surface area contributed by atoms with Crippen LogP contribution in [-0.4, -0.2) is 47.0 Å². The molecule has 1 aromatic carbocycles. The van der Waals surface area contributed by atoms with E-state index in [4.69, 9.17) is 5.26 Å². The first-order chi connectivity index (χ1) is 15.9. The van der Waals surface area contributed by atoms with Crippen LogP contribution in [0.25, 0.3) is 0 Å². The first kappa shape index (κ1) is 23.3. The number of pyridine rings is 1. The molecular formula is C24H21N5O4. The third-order valence-corrected chi connectivity index (χ3v) is 5.15. The number of hydrogen-bond acceptors (Lipinski definition) is 7. The number of nitrogens with zero attached hydrogens (tertiary/aromatic N) is 3. The van der Waals surface area contributed by atoms with Crippen LogP contribution >= 0.6 is 0 Å². The quantitative estimate of drug-likeness (QED) is 0.381. The number of nitrogens with one attached hydrogen (secondary N) is 2. The van der Waals surface area contributed by atoms with Crippen molar-refractivity contribution in [3.63, 3.8) is 0 Å². The Morgan fingerprint density at radius 2 is 2.15 bits per heavy atom. The Morgan fingerprint density at radius 1 is 1.33 bits per heavy atom. The molecule has 1 aliphatic rings. The lowest BCUT2D eigenvalue weighted by Crippen LogP contribution is -2.51. The number of carbonyl (C=O) groups is 4. The van der Waals surface area contributed by atoms with Crippen molar-refractivity contribution in [2.24, 2.45) is 0 Å². The number of carbonyl (C=O) groups excluding carboxylic acids is 4. The second-order valence-corrected chi connectivity index (χ2v) is 7.51. The highest BCUT2D eigenvalue weighted by Crippen LogP contribution is 2.17. The van der Waals surface area contributed by atoms with Crippen molar-refractivity contribution >= 4 is 24.0 Å². The Kier molecular flexibility index (Phi) is 7.64. The number of piperidine rings is 1. The van der Waals surface area contributed by atoms with Gasteiger partial charge in [-0.05, 0) is 36.7 Å². The van der Waals surface area contributed by atoms with E-state index in [1.54, 1.807) is 36.2 Å². The van der Waals surface area contributed by atoms with Crippen LogP contribution in [0.1, 0.15) is 45.6 Å². The van der Waals surface area contributed by atoms with Crippen LogP contribution in [-0.2, 0) is 27.5 Å². The first-order valence-electron chi connectivity index (χ1n) is 10.2. The molecule has 33 heavy (non-hydrogen) atoms. The van der Waals surface area contributed by atoms with Gasteiger partial charge in [0.2, 0.25) is 11.8 Å². The van der Waals surface area contributed by atoms with Gasteiger partial charge in [-0.1, -0.05) is 24.1 Å². The van der Waals surface area contributed by atoms with Crippen molar-refractivity contribution < 1.29 is 19.2 Å². The van der Waals surface area contributed by atoms with Gasteiger partial charge >= 0.3 is 0 Å². The van der Waals surface area contributed by atoms with E-state index >= 15 is 0 Å². The predicted molar refractivity (Wildman–Crippen MR) is 117 cm³/mol. The number of amides is 3. The van der Waals surface area contributed by atoms with E-state index in [0.717, 1.165) is 11.8 Å². The zero-order valence-corrected chi connectivity index (χ0v) is 17.9. The molecule has 3 amide bonds. The van der Waals surface area contributed by atoms with Gasteiger partial charge in [-0.15, -0.1) is 0 Å². The summed E-state index contributed by atoms with van der Waals surface area (Å²) in [5.41, 5.74) is 2.74. The van der Waals surface area contributed by atoms with Gasteiger partial charge < -0.3 is 5.32 Å². The molecule has 166 valence electrons. The van der Waals surface area contributed by atoms with Crippen molar-refractivity contribution in [2.45, 2.75) is 32.0 Å². The molecule has 0 saturated carbocycles. The maximum Gasteiger partial charge on any atom is 0.296 e. The maximum absolute atomic E-state index is 12.1. The number of rotatable bonds is 6. The van der Waals surface area contributed by atoms with Gasteiger partial charge in [0, 0.05) is 42.8 Å². The third-order valence-electron chi connectivity index (χ3n) is 5.15. The molecule has 9 nitrogen and oxygen atoms in total. The number of benzene rings is 1. The number of imide groups is 1. The van der Waals surface area contributed by atoms with Crippen molar-refractivity contribution in [2.75, 3.05) is 7.05 Å². The van der Waals surface area contributed by atoms with Crippen LogP contribution in [0, 0.1) is 23.2 Å². The summed E-state index contributed by atoms with van der Waals surface area (Å²) in [6.07, 6.45) is 2.85. The molecule has 1 unspecified atom stereocenters. The van der Waals surface area contributed by atoms with Gasteiger partial charge in [0.15, 0.2) is 0 Å². The lowest BCUT2D eigenvalue weighted by molar-refractivity contribution is -0.137. The van der Waals surface area contributed by atoms with Crippen LogP contribution in [0.5, 0.6) is 0 Å². The lowest BCUT2D eigenvalue weighted by Gasteiger charge is -2.30. The molecule has 2 heterocycles. The van der Waals surface area contributed by atoms with Crippen LogP contribution < -0.4 is 10.6 Å². The third kappa shape index (κ3) is 6.33. The molecule has 9 heteroatoms. The number of likely N-dealkylation sites (N-methyl/N-ethyl adjacent to an activating group) is 1. The van der Waals surface area contributed by atoms with Crippen LogP contribution in [0.4, 0.5) is 0 Å². The Balaban J connectivity index is 1.63. The molecule has 2 aromatic rings. The molecule has 1 atom stereocenters. The van der Waals surface area contributed by atoms with E-state index in [-0.39, 0.29) is 30.5 Å². The highest BCUT2D eigenvalue weighted by molar-refractivity contribution is 6.00.